The van der Waals surface area contributed by atoms with Crippen LogP contribution in [-0.4, -0.2) is 35.3 Å². The molecule has 0 unspecified atom stereocenters. The van der Waals surface area contributed by atoms with Crippen LogP contribution in [0.25, 0.3) is 0 Å². The van der Waals surface area contributed by atoms with Gasteiger partial charge in [0.05, 0.1) is 23.8 Å². The fourth-order valence-corrected chi connectivity index (χ4v) is 3.11. The van der Waals surface area contributed by atoms with E-state index in [-0.39, 0.29) is 12.4 Å². The molecule has 0 amide bonds. The minimum absolute atomic E-state index is 0.0663. The lowest BCUT2D eigenvalue weighted by molar-refractivity contribution is -0.154. The third-order valence-electron chi connectivity index (χ3n) is 3.39. The van der Waals surface area contributed by atoms with Crippen molar-refractivity contribution in [3.63, 3.8) is 0 Å². The van der Waals surface area contributed by atoms with Gasteiger partial charge in [-0.25, -0.2) is 15.0 Å². The van der Waals surface area contributed by atoms with E-state index in [1.165, 1.54) is 6.20 Å². The Labute approximate surface area is 159 Å². The molecule has 0 fully saturated rings. The van der Waals surface area contributed by atoms with Gasteiger partial charge in [-0.15, -0.1) is 11.3 Å². The first-order valence-corrected chi connectivity index (χ1v) is 9.18. The number of alkyl halides is 3. The van der Waals surface area contributed by atoms with E-state index in [9.17, 15) is 13.2 Å². The van der Waals surface area contributed by atoms with Gasteiger partial charge in [0.1, 0.15) is 0 Å². The zero-order valence-electron chi connectivity index (χ0n) is 15.4. The van der Waals surface area contributed by atoms with Crippen LogP contribution in [-0.2, 0) is 13.1 Å². The van der Waals surface area contributed by atoms with Crippen LogP contribution in [0.4, 0.5) is 13.2 Å². The van der Waals surface area contributed by atoms with E-state index in [0.717, 1.165) is 15.6 Å². The first kappa shape index (κ1) is 20.9. The van der Waals surface area contributed by atoms with E-state index in [1.807, 2.05) is 20.8 Å². The Balaban J connectivity index is 2.04. The Morgan fingerprint density at radius 3 is 2.70 bits per heavy atom. The molecule has 0 atom stereocenters. The monoisotopic (exact) mass is 401 g/mol. The van der Waals surface area contributed by atoms with Crippen molar-refractivity contribution < 1.29 is 17.9 Å². The van der Waals surface area contributed by atoms with Gasteiger partial charge in [-0.1, -0.05) is 6.07 Å². The predicted octanol–water partition coefficient (Wildman–Crippen LogP) is 3.35. The summed E-state index contributed by atoms with van der Waals surface area (Å²) in [6.07, 6.45) is -3.03. The van der Waals surface area contributed by atoms with E-state index in [0.29, 0.717) is 24.6 Å². The summed E-state index contributed by atoms with van der Waals surface area (Å²) < 4.78 is 41.9. The normalized spacial score (nSPS) is 12.1. The molecule has 6 nitrogen and oxygen atoms in total. The summed E-state index contributed by atoms with van der Waals surface area (Å²) in [5.41, 5.74) is 1.44. The van der Waals surface area contributed by atoms with Crippen molar-refractivity contribution in [1.82, 2.24) is 20.6 Å². The van der Waals surface area contributed by atoms with Crippen molar-refractivity contribution in [1.29, 1.82) is 0 Å². The molecule has 0 saturated carbocycles. The maximum absolute atomic E-state index is 12.4. The number of rotatable bonds is 7. The molecule has 0 aliphatic rings. The summed E-state index contributed by atoms with van der Waals surface area (Å²) in [6.45, 7) is 5.79. The Kier molecular flexibility index (Phi) is 7.40. The molecule has 0 spiro atoms. The number of guanidine groups is 1. The summed E-state index contributed by atoms with van der Waals surface area (Å²) in [4.78, 5) is 13.8. The average molecular weight is 401 g/mol. The van der Waals surface area contributed by atoms with Crippen molar-refractivity contribution >= 4 is 17.3 Å². The molecular formula is C17H22F3N5OS. The van der Waals surface area contributed by atoms with E-state index < -0.39 is 12.8 Å². The number of thiazole rings is 1. The lowest BCUT2D eigenvalue weighted by atomic mass is 10.3. The van der Waals surface area contributed by atoms with E-state index >= 15 is 0 Å². The largest absolute Gasteiger partial charge is 0.468 e. The Bertz CT molecular complexity index is 776. The summed E-state index contributed by atoms with van der Waals surface area (Å²) in [6, 6.07) is 3.28. The lowest BCUT2D eigenvalue weighted by Crippen LogP contribution is -2.36. The molecule has 0 saturated heterocycles. The molecule has 2 heterocycles. The van der Waals surface area contributed by atoms with Crippen LogP contribution in [0.5, 0.6) is 5.88 Å². The van der Waals surface area contributed by atoms with Crippen LogP contribution < -0.4 is 15.4 Å². The van der Waals surface area contributed by atoms with Gasteiger partial charge in [-0.05, 0) is 26.8 Å². The highest BCUT2D eigenvalue weighted by Gasteiger charge is 2.29. The molecule has 10 heteroatoms. The topological polar surface area (TPSA) is 71.4 Å². The fraction of sp³-hybridized carbons (Fsp3) is 0.471. The molecule has 27 heavy (non-hydrogen) atoms. The summed E-state index contributed by atoms with van der Waals surface area (Å²) >= 11 is 1.61. The lowest BCUT2D eigenvalue weighted by Gasteiger charge is -2.13. The van der Waals surface area contributed by atoms with Crippen molar-refractivity contribution in [3.05, 3.63) is 39.5 Å². The Morgan fingerprint density at radius 2 is 2.07 bits per heavy atom. The third kappa shape index (κ3) is 7.05. The Morgan fingerprint density at radius 1 is 1.30 bits per heavy atom. The molecule has 0 aliphatic heterocycles. The summed E-state index contributed by atoms with van der Waals surface area (Å²) in [5, 5.41) is 7.31. The van der Waals surface area contributed by atoms with Gasteiger partial charge >= 0.3 is 6.18 Å². The summed E-state index contributed by atoms with van der Waals surface area (Å²) in [7, 11) is 0. The van der Waals surface area contributed by atoms with Gasteiger partial charge < -0.3 is 15.4 Å². The number of aliphatic imine (C=N–C) groups is 1. The molecule has 0 aliphatic carbocycles. The van der Waals surface area contributed by atoms with Crippen LogP contribution in [0, 0.1) is 13.8 Å². The Hall–Kier alpha value is -2.36. The smallest absolute Gasteiger partial charge is 0.422 e. The first-order valence-electron chi connectivity index (χ1n) is 8.37. The van der Waals surface area contributed by atoms with Crippen molar-refractivity contribution in [2.24, 2.45) is 4.99 Å². The number of nitrogens with one attached hydrogen (secondary N) is 2. The average Bonchev–Trinajstić information content (AvgIpc) is 2.93. The van der Waals surface area contributed by atoms with Gasteiger partial charge in [0.15, 0.2) is 12.6 Å². The fourth-order valence-electron chi connectivity index (χ4n) is 2.23. The molecule has 2 rings (SSSR count). The van der Waals surface area contributed by atoms with Crippen molar-refractivity contribution in [3.8, 4) is 5.88 Å². The molecular weight excluding hydrogens is 379 g/mol. The molecule has 2 N–H and O–H groups in total. The molecule has 0 radical (unpaired) electrons. The highest BCUT2D eigenvalue weighted by molar-refractivity contribution is 7.11. The van der Waals surface area contributed by atoms with E-state index in [2.05, 4.69) is 25.6 Å². The standard InChI is InChI=1S/C17H22F3N5OS/c1-4-21-16(24-9-14-11(2)25-12(3)27-14)23-8-13-6-5-7-22-15(13)26-10-17(18,19)20/h5-7H,4,8-10H2,1-3H3,(H2,21,23,24). The van der Waals surface area contributed by atoms with E-state index in [4.69, 9.17) is 4.74 Å². The number of hydrogen-bond donors (Lipinski definition) is 2. The van der Waals surface area contributed by atoms with Crippen LogP contribution in [0.15, 0.2) is 23.3 Å². The van der Waals surface area contributed by atoms with Gasteiger partial charge in [0.25, 0.3) is 0 Å². The van der Waals surface area contributed by atoms with Gasteiger partial charge in [-0.3, -0.25) is 0 Å². The second kappa shape index (κ2) is 9.54. The zero-order valence-corrected chi connectivity index (χ0v) is 16.2. The molecule has 0 aromatic carbocycles. The number of halogens is 3. The van der Waals surface area contributed by atoms with Crippen molar-refractivity contribution in [2.45, 2.75) is 40.0 Å². The molecule has 2 aromatic rings. The molecule has 2 aromatic heterocycles. The van der Waals surface area contributed by atoms with E-state index in [1.54, 1.807) is 23.5 Å². The zero-order chi connectivity index (χ0) is 19.9. The number of hydrogen-bond acceptors (Lipinski definition) is 5. The van der Waals surface area contributed by atoms with Crippen LogP contribution >= 0.6 is 11.3 Å². The number of aromatic nitrogens is 2. The van der Waals surface area contributed by atoms with Gasteiger partial charge in [0, 0.05) is 23.2 Å². The highest BCUT2D eigenvalue weighted by atomic mass is 32.1. The number of aryl methyl sites for hydroxylation is 2. The van der Waals surface area contributed by atoms with Crippen LogP contribution in [0.2, 0.25) is 0 Å². The van der Waals surface area contributed by atoms with Crippen LogP contribution in [0.3, 0.4) is 0 Å². The third-order valence-corrected chi connectivity index (χ3v) is 4.46. The SMILES string of the molecule is CCNC(=NCc1cccnc1OCC(F)(F)F)NCc1sc(C)nc1C. The number of ether oxygens (including phenoxy) is 1. The molecule has 148 valence electrons. The van der Waals surface area contributed by atoms with Crippen molar-refractivity contribution in [2.75, 3.05) is 13.2 Å². The number of pyridine rings is 1. The van der Waals surface area contributed by atoms with Crippen LogP contribution in [0.1, 0.15) is 28.1 Å². The maximum Gasteiger partial charge on any atom is 0.422 e. The number of nitrogens with zero attached hydrogens (tertiary/aromatic N) is 3. The summed E-state index contributed by atoms with van der Waals surface area (Å²) in [5.74, 6) is 0.483. The minimum atomic E-state index is -4.42. The second-order valence-corrected chi connectivity index (χ2v) is 6.95. The van der Waals surface area contributed by atoms with Gasteiger partial charge in [-0.2, -0.15) is 13.2 Å². The highest BCUT2D eigenvalue weighted by Crippen LogP contribution is 2.20. The minimum Gasteiger partial charge on any atom is -0.468 e. The van der Waals surface area contributed by atoms with Gasteiger partial charge in [0.2, 0.25) is 5.88 Å². The maximum atomic E-state index is 12.4. The predicted molar refractivity (Wildman–Crippen MR) is 99.0 cm³/mol. The second-order valence-electron chi connectivity index (χ2n) is 5.66. The quantitative estimate of drug-likeness (QED) is 0.550. The molecule has 0 bridgehead atoms. The first-order chi connectivity index (χ1) is 12.8.